The molecule has 2 rings (SSSR count). The fourth-order valence-electron chi connectivity index (χ4n) is 2.08. The summed E-state index contributed by atoms with van der Waals surface area (Å²) in [5.74, 6) is 1.34. The van der Waals surface area contributed by atoms with Crippen LogP contribution in [-0.4, -0.2) is 47.3 Å². The molecule has 3 N–H and O–H groups in total. The quantitative estimate of drug-likeness (QED) is 0.622. The molecular formula is C11H19N5S. The van der Waals surface area contributed by atoms with E-state index in [0.717, 1.165) is 12.4 Å². The van der Waals surface area contributed by atoms with Gasteiger partial charge in [-0.25, -0.2) is 9.97 Å². The first-order chi connectivity index (χ1) is 8.19. The van der Waals surface area contributed by atoms with Crippen molar-refractivity contribution in [2.75, 3.05) is 37.4 Å². The fraction of sp³-hybridized carbons (Fsp3) is 0.636. The smallest absolute Gasteiger partial charge is 0.191 e. The second-order valence-electron chi connectivity index (χ2n) is 4.32. The van der Waals surface area contributed by atoms with Gasteiger partial charge in [0.2, 0.25) is 0 Å². The van der Waals surface area contributed by atoms with E-state index in [0.29, 0.717) is 17.0 Å². The molecule has 1 aromatic heterocycles. The predicted molar refractivity (Wildman–Crippen MR) is 72.4 cm³/mol. The van der Waals surface area contributed by atoms with Gasteiger partial charge in [-0.05, 0) is 32.7 Å². The normalized spacial score (nSPS) is 20.7. The summed E-state index contributed by atoms with van der Waals surface area (Å²) in [5.41, 5.74) is 5.73. The standard InChI is InChI=1S/C11H19N5S/c1-16-5-3-4-8(16)7-13-10-6-9(12)14-11(15-10)17-2/h6,8H,3-5,7H2,1-2H3,(H3,12,13,14,15). The highest BCUT2D eigenvalue weighted by atomic mass is 32.2. The molecule has 1 aliphatic rings. The number of hydrogen-bond acceptors (Lipinski definition) is 6. The number of likely N-dealkylation sites (tertiary alicyclic amines) is 1. The lowest BCUT2D eigenvalue weighted by Crippen LogP contribution is -2.31. The lowest BCUT2D eigenvalue weighted by atomic mass is 10.2. The number of anilines is 2. The number of nitrogen functional groups attached to an aromatic ring is 1. The molecule has 0 spiro atoms. The average molecular weight is 253 g/mol. The molecule has 1 unspecified atom stereocenters. The zero-order chi connectivity index (χ0) is 12.3. The van der Waals surface area contributed by atoms with Crippen LogP contribution in [-0.2, 0) is 0 Å². The van der Waals surface area contributed by atoms with Crippen molar-refractivity contribution in [2.45, 2.75) is 24.0 Å². The van der Waals surface area contributed by atoms with Gasteiger partial charge < -0.3 is 16.0 Å². The van der Waals surface area contributed by atoms with Gasteiger partial charge in [-0.3, -0.25) is 0 Å². The zero-order valence-electron chi connectivity index (χ0n) is 10.3. The van der Waals surface area contributed by atoms with E-state index in [1.807, 2.05) is 6.26 Å². The molecular weight excluding hydrogens is 234 g/mol. The third-order valence-electron chi connectivity index (χ3n) is 3.10. The highest BCUT2D eigenvalue weighted by Crippen LogP contribution is 2.18. The first-order valence-electron chi connectivity index (χ1n) is 5.81. The molecule has 0 radical (unpaired) electrons. The highest BCUT2D eigenvalue weighted by molar-refractivity contribution is 7.98. The van der Waals surface area contributed by atoms with E-state index in [1.54, 1.807) is 6.07 Å². The van der Waals surface area contributed by atoms with Crippen molar-refractivity contribution >= 4 is 23.4 Å². The largest absolute Gasteiger partial charge is 0.383 e. The second-order valence-corrected chi connectivity index (χ2v) is 5.10. The molecule has 94 valence electrons. The van der Waals surface area contributed by atoms with Crippen LogP contribution in [0, 0.1) is 0 Å². The van der Waals surface area contributed by atoms with E-state index >= 15 is 0 Å². The van der Waals surface area contributed by atoms with E-state index in [4.69, 9.17) is 5.73 Å². The van der Waals surface area contributed by atoms with Gasteiger partial charge in [-0.2, -0.15) is 0 Å². The molecule has 6 heteroatoms. The van der Waals surface area contributed by atoms with Crippen LogP contribution in [0.1, 0.15) is 12.8 Å². The van der Waals surface area contributed by atoms with Crippen LogP contribution in [0.4, 0.5) is 11.6 Å². The molecule has 1 aliphatic heterocycles. The maximum Gasteiger partial charge on any atom is 0.191 e. The number of rotatable bonds is 4. The van der Waals surface area contributed by atoms with E-state index < -0.39 is 0 Å². The van der Waals surface area contributed by atoms with Gasteiger partial charge in [0, 0.05) is 18.7 Å². The van der Waals surface area contributed by atoms with Gasteiger partial charge in [-0.1, -0.05) is 11.8 Å². The molecule has 0 aromatic carbocycles. The molecule has 0 aliphatic carbocycles. The summed E-state index contributed by atoms with van der Waals surface area (Å²) < 4.78 is 0. The minimum atomic E-state index is 0.520. The minimum absolute atomic E-state index is 0.520. The van der Waals surface area contributed by atoms with Crippen LogP contribution in [0.5, 0.6) is 0 Å². The Morgan fingerprint density at radius 1 is 1.59 bits per heavy atom. The Balaban J connectivity index is 1.96. The van der Waals surface area contributed by atoms with Crippen LogP contribution >= 0.6 is 11.8 Å². The van der Waals surface area contributed by atoms with Crippen LogP contribution in [0.2, 0.25) is 0 Å². The molecule has 1 saturated heterocycles. The third kappa shape index (κ3) is 3.23. The van der Waals surface area contributed by atoms with Crippen molar-refractivity contribution in [3.8, 4) is 0 Å². The van der Waals surface area contributed by atoms with Gasteiger partial charge in [0.05, 0.1) is 0 Å². The van der Waals surface area contributed by atoms with Gasteiger partial charge in [0.15, 0.2) is 5.16 Å². The van der Waals surface area contributed by atoms with Crippen LogP contribution < -0.4 is 11.1 Å². The number of nitrogens with two attached hydrogens (primary N) is 1. The Bertz CT molecular complexity index is 384. The number of hydrogen-bond donors (Lipinski definition) is 2. The SMILES string of the molecule is CSc1nc(N)cc(NCC2CCCN2C)n1. The molecule has 5 nitrogen and oxygen atoms in total. The summed E-state index contributed by atoms with van der Waals surface area (Å²) in [6.45, 7) is 2.11. The Labute approximate surface area is 106 Å². The van der Waals surface area contributed by atoms with Gasteiger partial charge >= 0.3 is 0 Å². The van der Waals surface area contributed by atoms with Crippen molar-refractivity contribution in [2.24, 2.45) is 0 Å². The topological polar surface area (TPSA) is 67.1 Å². The average Bonchev–Trinajstić information content (AvgIpc) is 2.71. The first-order valence-corrected chi connectivity index (χ1v) is 7.04. The van der Waals surface area contributed by atoms with Crippen molar-refractivity contribution in [1.82, 2.24) is 14.9 Å². The Kier molecular flexibility index (Phi) is 4.06. The summed E-state index contributed by atoms with van der Waals surface area (Å²) in [7, 11) is 2.17. The molecule has 1 atom stereocenters. The van der Waals surface area contributed by atoms with Crippen LogP contribution in [0.15, 0.2) is 11.2 Å². The van der Waals surface area contributed by atoms with Crippen LogP contribution in [0.3, 0.4) is 0 Å². The van der Waals surface area contributed by atoms with E-state index in [1.165, 1.54) is 31.1 Å². The first kappa shape index (κ1) is 12.4. The van der Waals surface area contributed by atoms with Crippen molar-refractivity contribution in [3.63, 3.8) is 0 Å². The summed E-state index contributed by atoms with van der Waals surface area (Å²) in [6.07, 6.45) is 4.48. The molecule has 0 saturated carbocycles. The Morgan fingerprint density at radius 2 is 2.41 bits per heavy atom. The number of aromatic nitrogens is 2. The molecule has 0 amide bonds. The lowest BCUT2D eigenvalue weighted by Gasteiger charge is -2.20. The monoisotopic (exact) mass is 253 g/mol. The summed E-state index contributed by atoms with van der Waals surface area (Å²) in [5, 5.41) is 4.06. The summed E-state index contributed by atoms with van der Waals surface area (Å²) >= 11 is 1.50. The number of nitrogens with one attached hydrogen (secondary N) is 1. The van der Waals surface area contributed by atoms with Crippen molar-refractivity contribution in [1.29, 1.82) is 0 Å². The summed E-state index contributed by atoms with van der Waals surface area (Å²) in [4.78, 5) is 10.9. The molecule has 1 fully saturated rings. The van der Waals surface area contributed by atoms with E-state index in [9.17, 15) is 0 Å². The number of nitrogens with zero attached hydrogens (tertiary/aromatic N) is 3. The fourth-order valence-corrected chi connectivity index (χ4v) is 2.47. The second kappa shape index (κ2) is 5.55. The molecule has 2 heterocycles. The predicted octanol–water partition coefficient (Wildman–Crippen LogP) is 1.29. The maximum atomic E-state index is 5.73. The lowest BCUT2D eigenvalue weighted by molar-refractivity contribution is 0.322. The van der Waals surface area contributed by atoms with Crippen LogP contribution in [0.25, 0.3) is 0 Å². The number of likely N-dealkylation sites (N-methyl/N-ethyl adjacent to an activating group) is 1. The van der Waals surface area contributed by atoms with E-state index in [2.05, 4.69) is 27.2 Å². The zero-order valence-corrected chi connectivity index (χ0v) is 11.1. The van der Waals surface area contributed by atoms with Crippen molar-refractivity contribution < 1.29 is 0 Å². The number of thioether (sulfide) groups is 1. The molecule has 1 aromatic rings. The Morgan fingerprint density at radius 3 is 3.06 bits per heavy atom. The maximum absolute atomic E-state index is 5.73. The minimum Gasteiger partial charge on any atom is -0.383 e. The summed E-state index contributed by atoms with van der Waals surface area (Å²) in [6, 6.07) is 2.39. The van der Waals surface area contributed by atoms with E-state index in [-0.39, 0.29) is 0 Å². The van der Waals surface area contributed by atoms with Gasteiger partial charge in [-0.15, -0.1) is 0 Å². The van der Waals surface area contributed by atoms with Gasteiger partial charge in [0.25, 0.3) is 0 Å². The third-order valence-corrected chi connectivity index (χ3v) is 3.65. The molecule has 17 heavy (non-hydrogen) atoms. The van der Waals surface area contributed by atoms with Gasteiger partial charge in [0.1, 0.15) is 11.6 Å². The van der Waals surface area contributed by atoms with Crippen molar-refractivity contribution in [3.05, 3.63) is 6.07 Å². The highest BCUT2D eigenvalue weighted by Gasteiger charge is 2.20. The Hall–Kier alpha value is -1.01. The molecule has 0 bridgehead atoms.